The minimum absolute atomic E-state index is 0.114. The summed E-state index contributed by atoms with van der Waals surface area (Å²) in [7, 11) is 0. The minimum Gasteiger partial charge on any atom is -0.395 e. The van der Waals surface area contributed by atoms with Crippen molar-refractivity contribution in [3.05, 3.63) is 70.2 Å². The average Bonchev–Trinajstić information content (AvgIpc) is 2.38. The van der Waals surface area contributed by atoms with Gasteiger partial charge in [-0.05, 0) is 36.6 Å². The van der Waals surface area contributed by atoms with Crippen LogP contribution in [-0.2, 0) is 11.8 Å². The maximum absolute atomic E-state index is 9.83. The van der Waals surface area contributed by atoms with Crippen molar-refractivity contribution in [2.24, 2.45) is 0 Å². The van der Waals surface area contributed by atoms with Crippen molar-refractivity contribution in [1.29, 1.82) is 0 Å². The lowest BCUT2D eigenvalue weighted by Crippen LogP contribution is -2.29. The van der Waals surface area contributed by atoms with Crippen molar-refractivity contribution in [3.8, 4) is 0 Å². The largest absolute Gasteiger partial charge is 0.395 e. The highest BCUT2D eigenvalue weighted by Crippen LogP contribution is 2.29. The molecule has 0 aliphatic rings. The van der Waals surface area contributed by atoms with Gasteiger partial charge in [-0.25, -0.2) is 0 Å². The Balaban J connectivity index is 2.32. The van der Waals surface area contributed by atoms with E-state index in [1.54, 1.807) is 0 Å². The predicted molar refractivity (Wildman–Crippen MR) is 80.8 cm³/mol. The molecule has 0 fully saturated rings. The third-order valence-corrected chi connectivity index (χ3v) is 3.78. The van der Waals surface area contributed by atoms with Crippen molar-refractivity contribution in [2.75, 3.05) is 6.61 Å². The lowest BCUT2D eigenvalue weighted by atomic mass is 9.77. The molecule has 0 aliphatic carbocycles. The second-order valence-corrected chi connectivity index (χ2v) is 5.83. The lowest BCUT2D eigenvalue weighted by molar-refractivity contribution is 0.204. The average molecular weight is 275 g/mol. The summed E-state index contributed by atoms with van der Waals surface area (Å²) in [5.41, 5.74) is 3.24. The molecule has 1 N–H and O–H groups in total. The van der Waals surface area contributed by atoms with Gasteiger partial charge >= 0.3 is 0 Å². The molecule has 1 atom stereocenters. The van der Waals surface area contributed by atoms with Gasteiger partial charge in [0.05, 0.1) is 6.61 Å². The third-order valence-electron chi connectivity index (χ3n) is 3.55. The Labute approximate surface area is 119 Å². The molecule has 19 heavy (non-hydrogen) atoms. The van der Waals surface area contributed by atoms with E-state index in [1.807, 2.05) is 24.3 Å². The van der Waals surface area contributed by atoms with E-state index in [9.17, 15) is 5.11 Å². The number of hydrogen-bond acceptors (Lipinski definition) is 1. The molecular formula is C17H19ClO. The molecule has 0 saturated heterocycles. The monoisotopic (exact) mass is 274 g/mol. The highest BCUT2D eigenvalue weighted by Gasteiger charge is 2.26. The van der Waals surface area contributed by atoms with Gasteiger partial charge in [-0.3, -0.25) is 0 Å². The Hall–Kier alpha value is -1.31. The van der Waals surface area contributed by atoms with Gasteiger partial charge < -0.3 is 5.11 Å². The number of hydrogen-bond donors (Lipinski definition) is 1. The van der Waals surface area contributed by atoms with Gasteiger partial charge in [-0.2, -0.15) is 0 Å². The van der Waals surface area contributed by atoms with Crippen LogP contribution in [0.25, 0.3) is 0 Å². The van der Waals surface area contributed by atoms with Crippen molar-refractivity contribution in [2.45, 2.75) is 25.7 Å². The van der Waals surface area contributed by atoms with E-state index in [1.165, 1.54) is 5.56 Å². The molecule has 0 heterocycles. The molecule has 0 radical (unpaired) electrons. The standard InChI is InChI=1S/C17H19ClO/c1-13-5-3-7-15(9-13)17(2,12-19)11-14-6-4-8-16(18)10-14/h3-10,19H,11-12H2,1-2H3. The number of halogens is 1. The smallest absolute Gasteiger partial charge is 0.0528 e. The summed E-state index contributed by atoms with van der Waals surface area (Å²) in [5.74, 6) is 0. The summed E-state index contributed by atoms with van der Waals surface area (Å²) in [6, 6.07) is 16.2. The third kappa shape index (κ3) is 3.37. The molecule has 0 amide bonds. The van der Waals surface area contributed by atoms with E-state index in [4.69, 9.17) is 11.6 Å². The van der Waals surface area contributed by atoms with Crippen LogP contribution in [0.15, 0.2) is 48.5 Å². The van der Waals surface area contributed by atoms with Crippen LogP contribution >= 0.6 is 11.6 Å². The fourth-order valence-electron chi connectivity index (χ4n) is 2.37. The Morgan fingerprint density at radius 2 is 1.84 bits per heavy atom. The summed E-state index contributed by atoms with van der Waals surface area (Å²) in [4.78, 5) is 0. The highest BCUT2D eigenvalue weighted by molar-refractivity contribution is 6.30. The molecule has 2 aromatic rings. The van der Waals surface area contributed by atoms with Crippen molar-refractivity contribution < 1.29 is 5.11 Å². The molecular weight excluding hydrogens is 256 g/mol. The lowest BCUT2D eigenvalue weighted by Gasteiger charge is -2.28. The van der Waals surface area contributed by atoms with E-state index in [0.717, 1.165) is 22.6 Å². The van der Waals surface area contributed by atoms with E-state index in [-0.39, 0.29) is 12.0 Å². The summed E-state index contributed by atoms with van der Waals surface area (Å²) in [6.45, 7) is 4.27. The summed E-state index contributed by atoms with van der Waals surface area (Å²) in [5, 5.41) is 10.6. The summed E-state index contributed by atoms with van der Waals surface area (Å²) >= 11 is 6.03. The molecule has 0 aromatic heterocycles. The maximum Gasteiger partial charge on any atom is 0.0528 e. The number of rotatable bonds is 4. The van der Waals surface area contributed by atoms with Gasteiger partial charge in [0.15, 0.2) is 0 Å². The quantitative estimate of drug-likeness (QED) is 0.888. The van der Waals surface area contributed by atoms with Gasteiger partial charge in [0.25, 0.3) is 0 Å². The predicted octanol–water partition coefficient (Wildman–Crippen LogP) is 4.14. The van der Waals surface area contributed by atoms with Crippen molar-refractivity contribution >= 4 is 11.6 Å². The fraction of sp³-hybridized carbons (Fsp3) is 0.294. The number of aliphatic hydroxyl groups excluding tert-OH is 1. The molecule has 1 nitrogen and oxygen atoms in total. The fourth-order valence-corrected chi connectivity index (χ4v) is 2.58. The normalized spacial score (nSPS) is 14.1. The number of aliphatic hydroxyl groups is 1. The topological polar surface area (TPSA) is 20.2 Å². The van der Waals surface area contributed by atoms with Crippen LogP contribution in [0, 0.1) is 6.92 Å². The van der Waals surface area contributed by atoms with Crippen LogP contribution < -0.4 is 0 Å². The first kappa shape index (κ1) is 14.1. The highest BCUT2D eigenvalue weighted by atomic mass is 35.5. The van der Waals surface area contributed by atoms with Crippen LogP contribution in [-0.4, -0.2) is 11.7 Å². The summed E-state index contributed by atoms with van der Waals surface area (Å²) < 4.78 is 0. The minimum atomic E-state index is -0.281. The molecule has 1 unspecified atom stereocenters. The molecule has 0 saturated carbocycles. The molecule has 100 valence electrons. The van der Waals surface area contributed by atoms with Crippen molar-refractivity contribution in [1.82, 2.24) is 0 Å². The molecule has 0 spiro atoms. The first-order valence-corrected chi connectivity index (χ1v) is 6.84. The van der Waals surface area contributed by atoms with Gasteiger partial charge in [0.2, 0.25) is 0 Å². The van der Waals surface area contributed by atoms with Gasteiger partial charge in [0, 0.05) is 10.4 Å². The van der Waals surface area contributed by atoms with Crippen LogP contribution in [0.3, 0.4) is 0 Å². The maximum atomic E-state index is 9.83. The Morgan fingerprint density at radius 3 is 2.47 bits per heavy atom. The zero-order valence-electron chi connectivity index (χ0n) is 11.4. The Bertz CT molecular complexity index is 565. The van der Waals surface area contributed by atoms with Crippen LogP contribution in [0.4, 0.5) is 0 Å². The molecule has 2 rings (SSSR count). The zero-order chi connectivity index (χ0) is 13.9. The van der Waals surface area contributed by atoms with Crippen molar-refractivity contribution in [3.63, 3.8) is 0 Å². The molecule has 2 heteroatoms. The van der Waals surface area contributed by atoms with Gasteiger partial charge in [0.1, 0.15) is 0 Å². The van der Waals surface area contributed by atoms with Crippen LogP contribution in [0.5, 0.6) is 0 Å². The first-order chi connectivity index (χ1) is 9.03. The zero-order valence-corrected chi connectivity index (χ0v) is 12.1. The van der Waals surface area contributed by atoms with Gasteiger partial charge in [-0.1, -0.05) is 60.5 Å². The van der Waals surface area contributed by atoms with Crippen LogP contribution in [0.1, 0.15) is 23.6 Å². The SMILES string of the molecule is Cc1cccc(C(C)(CO)Cc2cccc(Cl)c2)c1. The van der Waals surface area contributed by atoms with E-state index >= 15 is 0 Å². The van der Waals surface area contributed by atoms with E-state index in [2.05, 4.69) is 38.1 Å². The Kier molecular flexibility index (Phi) is 4.28. The summed E-state index contributed by atoms with van der Waals surface area (Å²) in [6.07, 6.45) is 0.771. The van der Waals surface area contributed by atoms with Crippen LogP contribution in [0.2, 0.25) is 5.02 Å². The second-order valence-electron chi connectivity index (χ2n) is 5.39. The number of aryl methyl sites for hydroxylation is 1. The molecule has 0 aliphatic heterocycles. The van der Waals surface area contributed by atoms with Gasteiger partial charge in [-0.15, -0.1) is 0 Å². The molecule has 2 aromatic carbocycles. The number of benzene rings is 2. The molecule has 0 bridgehead atoms. The van der Waals surface area contributed by atoms with E-state index in [0.29, 0.717) is 0 Å². The second kappa shape index (κ2) is 5.77. The Morgan fingerprint density at radius 1 is 1.11 bits per heavy atom. The van der Waals surface area contributed by atoms with E-state index < -0.39 is 0 Å². The first-order valence-electron chi connectivity index (χ1n) is 6.46.